The first-order valence-electron chi connectivity index (χ1n) is 8.74. The SMILES string of the molecule is Brc1ccc2ncnc(NCCc3ccc(Oc4ccccc4)cc3)c2c1. The lowest BCUT2D eigenvalue weighted by molar-refractivity contribution is 0.482. The fourth-order valence-corrected chi connectivity index (χ4v) is 3.20. The molecule has 0 saturated heterocycles. The predicted molar refractivity (Wildman–Crippen MR) is 112 cm³/mol. The van der Waals surface area contributed by atoms with Crippen molar-refractivity contribution in [3.05, 3.63) is 89.2 Å². The van der Waals surface area contributed by atoms with E-state index in [9.17, 15) is 0 Å². The van der Waals surface area contributed by atoms with Crippen LogP contribution in [0.2, 0.25) is 0 Å². The highest BCUT2D eigenvalue weighted by atomic mass is 79.9. The van der Waals surface area contributed by atoms with Gasteiger partial charge in [0.05, 0.1) is 5.52 Å². The van der Waals surface area contributed by atoms with Crippen molar-refractivity contribution >= 4 is 32.7 Å². The van der Waals surface area contributed by atoms with Gasteiger partial charge in [-0.15, -0.1) is 0 Å². The summed E-state index contributed by atoms with van der Waals surface area (Å²) in [6.45, 7) is 0.789. The van der Waals surface area contributed by atoms with Gasteiger partial charge in [0.25, 0.3) is 0 Å². The molecule has 0 aliphatic carbocycles. The molecule has 1 aromatic heterocycles. The zero-order chi connectivity index (χ0) is 18.5. The molecule has 1 N–H and O–H groups in total. The van der Waals surface area contributed by atoms with Crippen LogP contribution in [0.25, 0.3) is 10.9 Å². The molecule has 0 spiro atoms. The van der Waals surface area contributed by atoms with Gasteiger partial charge in [0.2, 0.25) is 0 Å². The first-order chi connectivity index (χ1) is 13.3. The van der Waals surface area contributed by atoms with Gasteiger partial charge in [-0.1, -0.05) is 46.3 Å². The quantitative estimate of drug-likeness (QED) is 0.426. The number of aromatic nitrogens is 2. The fourth-order valence-electron chi connectivity index (χ4n) is 2.84. The lowest BCUT2D eigenvalue weighted by Crippen LogP contribution is -2.07. The van der Waals surface area contributed by atoms with Crippen molar-refractivity contribution in [1.82, 2.24) is 9.97 Å². The second kappa shape index (κ2) is 8.18. The van der Waals surface area contributed by atoms with Crippen LogP contribution in [0.5, 0.6) is 11.5 Å². The molecule has 4 nitrogen and oxygen atoms in total. The van der Waals surface area contributed by atoms with Crippen molar-refractivity contribution in [2.45, 2.75) is 6.42 Å². The van der Waals surface area contributed by atoms with Gasteiger partial charge >= 0.3 is 0 Å². The number of fused-ring (bicyclic) bond motifs is 1. The lowest BCUT2D eigenvalue weighted by Gasteiger charge is -2.09. The van der Waals surface area contributed by atoms with Crippen molar-refractivity contribution in [1.29, 1.82) is 0 Å². The van der Waals surface area contributed by atoms with E-state index in [1.807, 2.05) is 60.7 Å². The van der Waals surface area contributed by atoms with E-state index in [1.54, 1.807) is 6.33 Å². The summed E-state index contributed by atoms with van der Waals surface area (Å²) in [5, 5.41) is 4.43. The maximum Gasteiger partial charge on any atom is 0.137 e. The summed E-state index contributed by atoms with van der Waals surface area (Å²) in [6.07, 6.45) is 2.49. The van der Waals surface area contributed by atoms with E-state index < -0.39 is 0 Å². The molecule has 0 bridgehead atoms. The Morgan fingerprint density at radius 3 is 2.44 bits per heavy atom. The van der Waals surface area contributed by atoms with Crippen LogP contribution in [0.1, 0.15) is 5.56 Å². The Hall–Kier alpha value is -2.92. The fraction of sp³-hybridized carbons (Fsp3) is 0.0909. The van der Waals surface area contributed by atoms with Gasteiger partial charge < -0.3 is 10.1 Å². The van der Waals surface area contributed by atoms with E-state index in [2.05, 4.69) is 43.3 Å². The molecule has 0 aliphatic rings. The van der Waals surface area contributed by atoms with Crippen molar-refractivity contribution < 1.29 is 4.74 Å². The minimum Gasteiger partial charge on any atom is -0.457 e. The number of ether oxygens (including phenoxy) is 1. The highest BCUT2D eigenvalue weighted by Crippen LogP contribution is 2.24. The number of hydrogen-bond acceptors (Lipinski definition) is 4. The lowest BCUT2D eigenvalue weighted by atomic mass is 10.1. The molecule has 134 valence electrons. The Balaban J connectivity index is 1.37. The number of anilines is 1. The molecular weight excluding hydrogens is 402 g/mol. The molecule has 0 radical (unpaired) electrons. The van der Waals surface area contributed by atoms with Crippen molar-refractivity contribution in [3.8, 4) is 11.5 Å². The van der Waals surface area contributed by atoms with Crippen molar-refractivity contribution in [3.63, 3.8) is 0 Å². The van der Waals surface area contributed by atoms with Gasteiger partial charge in [0.15, 0.2) is 0 Å². The summed E-state index contributed by atoms with van der Waals surface area (Å²) < 4.78 is 6.85. The Labute approximate surface area is 166 Å². The monoisotopic (exact) mass is 419 g/mol. The molecular formula is C22H18BrN3O. The Bertz CT molecular complexity index is 1040. The number of halogens is 1. The maximum absolute atomic E-state index is 5.83. The molecule has 1 heterocycles. The number of rotatable bonds is 6. The minimum absolute atomic E-state index is 0.789. The first kappa shape index (κ1) is 17.5. The number of para-hydroxylation sites is 1. The summed E-state index contributed by atoms with van der Waals surface area (Å²) in [5.41, 5.74) is 2.17. The van der Waals surface area contributed by atoms with Gasteiger partial charge in [0, 0.05) is 16.4 Å². The molecule has 0 amide bonds. The zero-order valence-corrected chi connectivity index (χ0v) is 16.2. The van der Waals surface area contributed by atoms with Crippen LogP contribution in [0.3, 0.4) is 0 Å². The highest BCUT2D eigenvalue weighted by molar-refractivity contribution is 9.10. The van der Waals surface area contributed by atoms with E-state index >= 15 is 0 Å². The van der Waals surface area contributed by atoms with E-state index in [0.717, 1.165) is 45.7 Å². The van der Waals surface area contributed by atoms with Gasteiger partial charge in [-0.2, -0.15) is 0 Å². The third-order valence-corrected chi connectivity index (χ3v) is 4.70. The highest BCUT2D eigenvalue weighted by Gasteiger charge is 2.04. The van der Waals surface area contributed by atoms with E-state index in [-0.39, 0.29) is 0 Å². The Morgan fingerprint density at radius 1 is 0.852 bits per heavy atom. The van der Waals surface area contributed by atoms with E-state index in [0.29, 0.717) is 0 Å². The summed E-state index contributed by atoms with van der Waals surface area (Å²) in [5.74, 6) is 2.53. The third kappa shape index (κ3) is 4.44. The number of hydrogen-bond donors (Lipinski definition) is 1. The average molecular weight is 420 g/mol. The van der Waals surface area contributed by atoms with Gasteiger partial charge in [-0.3, -0.25) is 0 Å². The molecule has 4 aromatic rings. The third-order valence-electron chi connectivity index (χ3n) is 4.21. The topological polar surface area (TPSA) is 47.0 Å². The second-order valence-electron chi connectivity index (χ2n) is 6.12. The Kier molecular flexibility index (Phi) is 5.30. The summed E-state index contributed by atoms with van der Waals surface area (Å²) in [6, 6.07) is 24.0. The first-order valence-corrected chi connectivity index (χ1v) is 9.53. The smallest absolute Gasteiger partial charge is 0.137 e. The van der Waals surface area contributed by atoms with Crippen molar-refractivity contribution in [2.75, 3.05) is 11.9 Å². The molecule has 4 rings (SSSR count). The number of benzene rings is 3. The van der Waals surface area contributed by atoms with Crippen LogP contribution in [-0.2, 0) is 6.42 Å². The standard InChI is InChI=1S/C22H18BrN3O/c23-17-8-11-21-20(14-17)22(26-15-25-21)24-13-12-16-6-9-19(10-7-16)27-18-4-2-1-3-5-18/h1-11,14-15H,12-13H2,(H,24,25,26). The van der Waals surface area contributed by atoms with Crippen LogP contribution in [0.4, 0.5) is 5.82 Å². The molecule has 0 fully saturated rings. The molecule has 0 saturated carbocycles. The van der Waals surface area contributed by atoms with Gasteiger partial charge in [0.1, 0.15) is 23.6 Å². The second-order valence-corrected chi connectivity index (χ2v) is 7.04. The van der Waals surface area contributed by atoms with Crippen LogP contribution >= 0.6 is 15.9 Å². The molecule has 0 aliphatic heterocycles. The Morgan fingerprint density at radius 2 is 1.63 bits per heavy atom. The summed E-state index contributed by atoms with van der Waals surface area (Å²) in [4.78, 5) is 8.68. The van der Waals surface area contributed by atoms with Crippen molar-refractivity contribution in [2.24, 2.45) is 0 Å². The molecule has 0 unspecified atom stereocenters. The van der Waals surface area contributed by atoms with E-state index in [1.165, 1.54) is 5.56 Å². The minimum atomic E-state index is 0.789. The van der Waals surface area contributed by atoms with Gasteiger partial charge in [-0.25, -0.2) is 9.97 Å². The zero-order valence-electron chi connectivity index (χ0n) is 14.6. The normalized spacial score (nSPS) is 10.7. The molecule has 0 atom stereocenters. The van der Waals surface area contributed by atoms with Crippen LogP contribution in [0.15, 0.2) is 83.6 Å². The number of nitrogens with zero attached hydrogens (tertiary/aromatic N) is 2. The molecule has 3 aromatic carbocycles. The van der Waals surface area contributed by atoms with Gasteiger partial charge in [-0.05, 0) is 54.4 Å². The summed E-state index contributed by atoms with van der Waals surface area (Å²) >= 11 is 3.51. The summed E-state index contributed by atoms with van der Waals surface area (Å²) in [7, 11) is 0. The van der Waals surface area contributed by atoms with Crippen LogP contribution in [0, 0.1) is 0 Å². The largest absolute Gasteiger partial charge is 0.457 e. The van der Waals surface area contributed by atoms with Crippen LogP contribution in [-0.4, -0.2) is 16.5 Å². The number of nitrogens with one attached hydrogen (secondary N) is 1. The van der Waals surface area contributed by atoms with E-state index in [4.69, 9.17) is 4.74 Å². The average Bonchev–Trinajstić information content (AvgIpc) is 2.70. The molecule has 27 heavy (non-hydrogen) atoms. The molecule has 5 heteroatoms. The van der Waals surface area contributed by atoms with Crippen LogP contribution < -0.4 is 10.1 Å². The maximum atomic E-state index is 5.83. The predicted octanol–water partition coefficient (Wildman–Crippen LogP) is 5.84.